The van der Waals surface area contributed by atoms with Gasteiger partial charge in [0.2, 0.25) is 17.6 Å². The van der Waals surface area contributed by atoms with Crippen molar-refractivity contribution in [3.63, 3.8) is 0 Å². The van der Waals surface area contributed by atoms with Gasteiger partial charge in [-0.05, 0) is 43.7 Å². The molecule has 2 aromatic rings. The number of carbonyl (C=O) groups is 1. The quantitative estimate of drug-likeness (QED) is 0.853. The number of amides is 1. The average molecular weight is 340 g/mol. The van der Waals surface area contributed by atoms with E-state index in [-0.39, 0.29) is 5.92 Å². The van der Waals surface area contributed by atoms with Crippen LogP contribution >= 0.6 is 0 Å². The number of fused-ring (bicyclic) bond motifs is 2. The Balaban J connectivity index is 1.48. The van der Waals surface area contributed by atoms with Gasteiger partial charge >= 0.3 is 0 Å². The monoisotopic (exact) mass is 340 g/mol. The van der Waals surface area contributed by atoms with Crippen LogP contribution in [-0.4, -0.2) is 38.0 Å². The van der Waals surface area contributed by atoms with Crippen LogP contribution in [0.4, 0.5) is 0 Å². The first-order chi connectivity index (χ1) is 12.1. The van der Waals surface area contributed by atoms with E-state index >= 15 is 0 Å². The molecule has 2 aliphatic rings. The fourth-order valence-electron chi connectivity index (χ4n) is 4.25. The molecule has 4 heterocycles. The number of nitrogens with zero attached hydrogens (tertiary/aromatic N) is 4. The lowest BCUT2D eigenvalue weighted by Gasteiger charge is -2.38. The molecule has 0 radical (unpaired) electrons. The minimum Gasteiger partial charge on any atom is -0.339 e. The molecule has 2 aliphatic heterocycles. The van der Waals surface area contributed by atoms with E-state index in [0.717, 1.165) is 31.2 Å². The van der Waals surface area contributed by atoms with Crippen LogP contribution < -0.4 is 0 Å². The molecular weight excluding hydrogens is 316 g/mol. The van der Waals surface area contributed by atoms with Gasteiger partial charge in [-0.25, -0.2) is 0 Å². The van der Waals surface area contributed by atoms with Crippen LogP contribution in [-0.2, 0) is 4.79 Å². The molecule has 0 aliphatic carbocycles. The van der Waals surface area contributed by atoms with Gasteiger partial charge in [0.25, 0.3) is 0 Å². The van der Waals surface area contributed by atoms with Crippen molar-refractivity contribution in [3.8, 4) is 11.4 Å². The zero-order valence-electron chi connectivity index (χ0n) is 14.8. The average Bonchev–Trinajstić information content (AvgIpc) is 3.18. The summed E-state index contributed by atoms with van der Waals surface area (Å²) in [7, 11) is 0. The number of pyridine rings is 1. The summed E-state index contributed by atoms with van der Waals surface area (Å²) in [6, 6.07) is 4.44. The van der Waals surface area contributed by atoms with Crippen molar-refractivity contribution in [2.24, 2.45) is 5.92 Å². The molecule has 0 aromatic carbocycles. The van der Waals surface area contributed by atoms with E-state index < -0.39 is 0 Å². The van der Waals surface area contributed by atoms with E-state index in [9.17, 15) is 4.79 Å². The number of hydrogen-bond donors (Lipinski definition) is 0. The first-order valence-corrected chi connectivity index (χ1v) is 9.17. The maximum absolute atomic E-state index is 12.6. The lowest BCUT2D eigenvalue weighted by Crippen LogP contribution is -2.46. The topological polar surface area (TPSA) is 72.1 Å². The smallest absolute Gasteiger partial charge is 0.230 e. The fraction of sp³-hybridized carbons (Fsp3) is 0.579. The van der Waals surface area contributed by atoms with Gasteiger partial charge in [0, 0.05) is 42.4 Å². The largest absolute Gasteiger partial charge is 0.339 e. The van der Waals surface area contributed by atoms with Gasteiger partial charge in [0.05, 0.1) is 0 Å². The molecule has 6 nitrogen and oxygen atoms in total. The lowest BCUT2D eigenvalue weighted by molar-refractivity contribution is -0.136. The van der Waals surface area contributed by atoms with Crippen LogP contribution in [0.5, 0.6) is 0 Å². The minimum absolute atomic E-state index is 0.249. The SMILES string of the molecule is CC(C)CC(=O)N1[C@@H]2CC[C@H]1CC(c1nc(-c3cccnc3)no1)C2. The Labute approximate surface area is 147 Å². The van der Waals surface area contributed by atoms with Gasteiger partial charge < -0.3 is 9.42 Å². The van der Waals surface area contributed by atoms with Gasteiger partial charge in [0.1, 0.15) is 0 Å². The summed E-state index contributed by atoms with van der Waals surface area (Å²) in [4.78, 5) is 23.4. The molecule has 0 spiro atoms. The number of aromatic nitrogens is 3. The molecule has 2 bridgehead atoms. The molecule has 0 N–H and O–H groups in total. The summed E-state index contributed by atoms with van der Waals surface area (Å²) in [5.74, 6) is 2.25. The second-order valence-electron chi connectivity index (χ2n) is 7.65. The molecule has 2 aromatic heterocycles. The summed E-state index contributed by atoms with van der Waals surface area (Å²) in [6.07, 6.45) is 8.15. The van der Waals surface area contributed by atoms with Crippen molar-refractivity contribution >= 4 is 5.91 Å². The van der Waals surface area contributed by atoms with Gasteiger partial charge in [0.15, 0.2) is 0 Å². The molecule has 2 fully saturated rings. The Morgan fingerprint density at radius 1 is 1.32 bits per heavy atom. The summed E-state index contributed by atoms with van der Waals surface area (Å²) < 4.78 is 5.55. The highest BCUT2D eigenvalue weighted by atomic mass is 16.5. The molecule has 132 valence electrons. The fourth-order valence-corrected chi connectivity index (χ4v) is 4.25. The van der Waals surface area contributed by atoms with Crippen molar-refractivity contribution in [2.45, 2.75) is 64.0 Å². The van der Waals surface area contributed by atoms with Crippen molar-refractivity contribution < 1.29 is 9.32 Å². The summed E-state index contributed by atoms with van der Waals surface area (Å²) in [6.45, 7) is 4.20. The standard InChI is InChI=1S/C19H24N4O2/c1-12(2)8-17(24)23-15-5-6-16(23)10-14(9-15)19-21-18(22-25-19)13-4-3-7-20-11-13/h3-4,7,11-12,14-16H,5-6,8-10H2,1-2H3/t14?,15-,16+. The molecule has 3 atom stereocenters. The van der Waals surface area contributed by atoms with Gasteiger partial charge in [-0.2, -0.15) is 4.98 Å². The van der Waals surface area contributed by atoms with Crippen molar-refractivity contribution in [2.75, 3.05) is 0 Å². The predicted octanol–water partition coefficient (Wildman–Crippen LogP) is 3.41. The maximum atomic E-state index is 12.6. The van der Waals surface area contributed by atoms with Crippen LogP contribution in [0.25, 0.3) is 11.4 Å². The Bertz CT molecular complexity index is 729. The van der Waals surface area contributed by atoms with Crippen LogP contribution in [0.3, 0.4) is 0 Å². The Hall–Kier alpha value is -2.24. The highest BCUT2D eigenvalue weighted by molar-refractivity contribution is 5.77. The molecule has 25 heavy (non-hydrogen) atoms. The van der Waals surface area contributed by atoms with Gasteiger partial charge in [-0.3, -0.25) is 9.78 Å². The van der Waals surface area contributed by atoms with E-state index in [1.165, 1.54) is 0 Å². The highest BCUT2D eigenvalue weighted by Gasteiger charge is 2.44. The zero-order chi connectivity index (χ0) is 17.4. The van der Waals surface area contributed by atoms with Crippen LogP contribution in [0, 0.1) is 5.92 Å². The van der Waals surface area contributed by atoms with Crippen LogP contribution in [0.1, 0.15) is 57.8 Å². The van der Waals surface area contributed by atoms with Crippen molar-refractivity contribution in [1.29, 1.82) is 0 Å². The maximum Gasteiger partial charge on any atom is 0.230 e. The Kier molecular flexibility index (Phi) is 4.27. The molecular formula is C19H24N4O2. The van der Waals surface area contributed by atoms with Gasteiger partial charge in [-0.15, -0.1) is 0 Å². The second kappa shape index (κ2) is 6.58. The summed E-state index contributed by atoms with van der Waals surface area (Å²) in [5, 5.41) is 4.12. The first-order valence-electron chi connectivity index (χ1n) is 9.17. The number of carbonyl (C=O) groups excluding carboxylic acids is 1. The molecule has 1 amide bonds. The molecule has 6 heteroatoms. The normalized spacial score (nSPS) is 25.6. The van der Waals surface area contributed by atoms with E-state index in [4.69, 9.17) is 4.52 Å². The molecule has 2 saturated heterocycles. The third-order valence-corrected chi connectivity index (χ3v) is 5.31. The molecule has 4 rings (SSSR count). The predicted molar refractivity (Wildman–Crippen MR) is 92.6 cm³/mol. The Morgan fingerprint density at radius 3 is 2.72 bits per heavy atom. The van der Waals surface area contributed by atoms with E-state index in [1.54, 1.807) is 12.4 Å². The summed E-state index contributed by atoms with van der Waals surface area (Å²) >= 11 is 0. The molecule has 1 unspecified atom stereocenters. The minimum atomic E-state index is 0.249. The van der Waals surface area contributed by atoms with Crippen molar-refractivity contribution in [1.82, 2.24) is 20.0 Å². The van der Waals surface area contributed by atoms with E-state index in [1.807, 2.05) is 12.1 Å². The molecule has 0 saturated carbocycles. The van der Waals surface area contributed by atoms with Crippen LogP contribution in [0.15, 0.2) is 29.0 Å². The number of hydrogen-bond acceptors (Lipinski definition) is 5. The Morgan fingerprint density at radius 2 is 2.08 bits per heavy atom. The zero-order valence-corrected chi connectivity index (χ0v) is 14.8. The lowest BCUT2D eigenvalue weighted by atomic mass is 9.90. The van der Waals surface area contributed by atoms with E-state index in [2.05, 4.69) is 33.9 Å². The first kappa shape index (κ1) is 16.2. The van der Waals surface area contributed by atoms with Crippen LogP contribution in [0.2, 0.25) is 0 Å². The highest BCUT2D eigenvalue weighted by Crippen LogP contribution is 2.43. The number of rotatable bonds is 4. The third kappa shape index (κ3) is 3.17. The van der Waals surface area contributed by atoms with E-state index in [0.29, 0.717) is 42.0 Å². The van der Waals surface area contributed by atoms with Crippen molar-refractivity contribution in [3.05, 3.63) is 30.4 Å². The van der Waals surface area contributed by atoms with Gasteiger partial charge in [-0.1, -0.05) is 19.0 Å². The third-order valence-electron chi connectivity index (χ3n) is 5.31. The summed E-state index contributed by atoms with van der Waals surface area (Å²) in [5.41, 5.74) is 0.866. The second-order valence-corrected chi connectivity index (χ2v) is 7.65. The number of piperidine rings is 1.